The average Bonchev–Trinajstić information content (AvgIpc) is 0.784. The molecule has 4 saturated heterocycles. The number of H-pyrrole nitrogens is 2. The number of carbonyl (C=O) groups is 6. The summed E-state index contributed by atoms with van der Waals surface area (Å²) in [6, 6.07) is 13.2. The maximum absolute atomic E-state index is 15.9. The Balaban J connectivity index is 0.000000229. The maximum atomic E-state index is 15.9. The first-order valence-corrected chi connectivity index (χ1v) is 31.9. The minimum Gasteiger partial charge on any atom is -0.481 e. The molecule has 4 atom stereocenters. The van der Waals surface area contributed by atoms with E-state index in [0.29, 0.717) is 99.0 Å². The number of pyridine rings is 4. The zero-order valence-electron chi connectivity index (χ0n) is 55.1. The lowest BCUT2D eigenvalue weighted by molar-refractivity contribution is -0.143. The summed E-state index contributed by atoms with van der Waals surface area (Å²) < 4.78 is 114. The molecule has 4 aliphatic rings. The van der Waals surface area contributed by atoms with Crippen LogP contribution in [0.25, 0.3) is 22.3 Å². The molecule has 0 spiro atoms. The van der Waals surface area contributed by atoms with Crippen LogP contribution in [-0.2, 0) is 31.5 Å². The van der Waals surface area contributed by atoms with Crippen LogP contribution in [-0.4, -0.2) is 189 Å². The number of piperazine rings is 3. The second-order valence-corrected chi connectivity index (χ2v) is 24.8. The molecule has 0 saturated carbocycles. The van der Waals surface area contributed by atoms with Gasteiger partial charge in [-0.05, 0) is 110 Å². The molecule has 0 bridgehead atoms. The highest BCUT2D eigenvalue weighted by molar-refractivity contribution is 6.08. The number of hydrogen-bond donors (Lipinski definition) is 7. The highest BCUT2D eigenvalue weighted by atomic mass is 19.4. The van der Waals surface area contributed by atoms with Gasteiger partial charge in [-0.3, -0.25) is 48.2 Å². The molecule has 7 N–H and O–H groups in total. The first-order chi connectivity index (χ1) is 46.7. The van der Waals surface area contributed by atoms with E-state index in [1.54, 1.807) is 29.3 Å². The molecule has 99 heavy (non-hydrogen) atoms. The molecule has 4 fully saturated rings. The van der Waals surface area contributed by atoms with E-state index in [1.807, 2.05) is 62.6 Å². The lowest BCUT2D eigenvalue weighted by Gasteiger charge is -2.44. The third kappa shape index (κ3) is 19.2. The summed E-state index contributed by atoms with van der Waals surface area (Å²) in [5.74, 6) is -5.44. The van der Waals surface area contributed by atoms with E-state index in [1.165, 1.54) is 36.9 Å². The second-order valence-electron chi connectivity index (χ2n) is 24.8. The van der Waals surface area contributed by atoms with Crippen LogP contribution in [0.3, 0.4) is 0 Å². The van der Waals surface area contributed by atoms with Gasteiger partial charge < -0.3 is 60.4 Å². The molecular weight excluding hydrogens is 1310 g/mol. The van der Waals surface area contributed by atoms with Gasteiger partial charge in [-0.1, -0.05) is 0 Å². The van der Waals surface area contributed by atoms with Crippen molar-refractivity contribution in [1.29, 1.82) is 0 Å². The third-order valence-corrected chi connectivity index (χ3v) is 17.9. The smallest absolute Gasteiger partial charge is 0.417 e. The Morgan fingerprint density at radius 1 is 0.505 bits per heavy atom. The Hall–Kier alpha value is -9.98. The summed E-state index contributed by atoms with van der Waals surface area (Å²) in [5, 5.41) is 29.8. The molecule has 4 aliphatic heterocycles. The van der Waals surface area contributed by atoms with Crippen molar-refractivity contribution in [2.45, 2.75) is 109 Å². The molecule has 10 rings (SSSR count). The van der Waals surface area contributed by atoms with E-state index in [0.717, 1.165) is 37.9 Å². The topological polar surface area (TPSA) is 301 Å². The minimum atomic E-state index is -4.98. The highest BCUT2D eigenvalue weighted by Gasteiger charge is 2.39. The van der Waals surface area contributed by atoms with E-state index in [4.69, 9.17) is 15.3 Å². The predicted octanol–water partition coefficient (Wildman–Crippen LogP) is 9.19. The average molecular weight is 1390 g/mol. The van der Waals surface area contributed by atoms with E-state index >= 15 is 8.78 Å². The third-order valence-electron chi connectivity index (χ3n) is 17.9. The summed E-state index contributed by atoms with van der Waals surface area (Å²) in [4.78, 5) is 120. The first kappa shape index (κ1) is 74.8. The van der Waals surface area contributed by atoms with Crippen LogP contribution in [0.2, 0.25) is 0 Å². The zero-order chi connectivity index (χ0) is 72.4. The van der Waals surface area contributed by atoms with Crippen molar-refractivity contribution < 1.29 is 79.2 Å². The van der Waals surface area contributed by atoms with Crippen LogP contribution < -0.4 is 41.4 Å². The van der Waals surface area contributed by atoms with Gasteiger partial charge in [-0.25, -0.2) is 18.7 Å². The normalized spacial score (nSPS) is 18.5. The van der Waals surface area contributed by atoms with Crippen LogP contribution in [0.15, 0.2) is 95.0 Å². The number of benzene rings is 2. The minimum absolute atomic E-state index is 0.0487. The number of likely N-dealkylation sites (N-methyl/N-ethyl adjacent to an activating group) is 2. The summed E-state index contributed by atoms with van der Waals surface area (Å²) in [6.45, 7) is 13.5. The predicted molar refractivity (Wildman–Crippen MR) is 353 cm³/mol. The summed E-state index contributed by atoms with van der Waals surface area (Å²) in [7, 11) is 3.96. The van der Waals surface area contributed by atoms with Crippen LogP contribution in [0.4, 0.5) is 69.5 Å². The molecule has 532 valence electrons. The summed E-state index contributed by atoms with van der Waals surface area (Å²) in [5.41, 5.74) is -4.38. The van der Waals surface area contributed by atoms with E-state index in [2.05, 4.69) is 45.3 Å². The van der Waals surface area contributed by atoms with Gasteiger partial charge in [-0.2, -0.15) is 26.3 Å². The van der Waals surface area contributed by atoms with Gasteiger partial charge in [0.2, 0.25) is 17.0 Å². The molecule has 0 radical (unpaired) electrons. The summed E-state index contributed by atoms with van der Waals surface area (Å²) in [6.07, 6.45) is -3.00. The van der Waals surface area contributed by atoms with Crippen molar-refractivity contribution >= 4 is 70.0 Å². The van der Waals surface area contributed by atoms with Crippen molar-refractivity contribution in [1.82, 2.24) is 34.6 Å². The fourth-order valence-electron chi connectivity index (χ4n) is 12.0. The Kier molecular flexibility index (Phi) is 24.3. The van der Waals surface area contributed by atoms with Gasteiger partial charge in [0.05, 0.1) is 64.3 Å². The number of amides is 3. The maximum Gasteiger partial charge on any atom is 0.417 e. The van der Waals surface area contributed by atoms with Gasteiger partial charge in [0.1, 0.15) is 23.3 Å². The molecule has 0 aliphatic carbocycles. The van der Waals surface area contributed by atoms with Gasteiger partial charge >= 0.3 is 30.3 Å². The number of alkyl halides is 6. The van der Waals surface area contributed by atoms with Gasteiger partial charge in [0.25, 0.3) is 11.8 Å². The highest BCUT2D eigenvalue weighted by Crippen LogP contribution is 2.40. The van der Waals surface area contributed by atoms with Gasteiger partial charge in [0, 0.05) is 155 Å². The molecule has 32 heteroatoms. The molecule has 24 nitrogen and oxygen atoms in total. The molecule has 2 aromatic carbocycles. The number of piperidine rings is 1. The fourth-order valence-corrected chi connectivity index (χ4v) is 12.0. The van der Waals surface area contributed by atoms with E-state index in [-0.39, 0.29) is 78.3 Å². The number of aliphatic carboxylic acids is 3. The lowest BCUT2D eigenvalue weighted by atomic mass is 10.0. The number of hydrogen-bond acceptors (Lipinski definition) is 16. The second kappa shape index (κ2) is 32.1. The van der Waals surface area contributed by atoms with E-state index in [9.17, 15) is 64.7 Å². The van der Waals surface area contributed by atoms with Gasteiger partial charge in [0.15, 0.2) is 0 Å². The first-order valence-electron chi connectivity index (χ1n) is 31.9. The Labute approximate surface area is 563 Å². The number of nitrogens with one attached hydrogen (secondary N) is 4. The molecule has 3 amide bonds. The Morgan fingerprint density at radius 2 is 0.869 bits per heavy atom. The molecule has 6 aromatic rings. The number of aromatic amines is 2. The molecule has 8 heterocycles. The van der Waals surface area contributed by atoms with Crippen molar-refractivity contribution in [2.24, 2.45) is 0 Å². The number of carboxylic acid groups (broad SMARTS) is 3. The number of anilines is 6. The fraction of sp³-hybridized carbons (Fsp3) is 0.433. The van der Waals surface area contributed by atoms with Crippen LogP contribution >= 0.6 is 0 Å². The summed E-state index contributed by atoms with van der Waals surface area (Å²) >= 11 is 0. The van der Waals surface area contributed by atoms with Crippen LogP contribution in [0.5, 0.6) is 0 Å². The number of aromatic nitrogens is 4. The number of carbonyl (C=O) groups excluding carboxylic acids is 3. The van der Waals surface area contributed by atoms with Gasteiger partial charge in [-0.15, -0.1) is 0 Å². The van der Waals surface area contributed by atoms with Crippen LogP contribution in [0, 0.1) is 11.6 Å². The molecule has 4 aromatic heterocycles. The number of nitrogens with zero attached hydrogens (tertiary/aromatic N) is 9. The van der Waals surface area contributed by atoms with Crippen molar-refractivity contribution in [3.05, 3.63) is 140 Å². The number of halogens is 8. The van der Waals surface area contributed by atoms with E-state index < -0.39 is 87.1 Å². The largest absolute Gasteiger partial charge is 0.481 e. The quantitative estimate of drug-likeness (QED) is 0.0444. The monoisotopic (exact) mass is 1390 g/mol. The molecule has 0 unspecified atom stereocenters. The number of carboxylic acids is 3. The van der Waals surface area contributed by atoms with Crippen molar-refractivity contribution in [3.8, 4) is 22.3 Å². The Bertz CT molecular complexity index is 3990. The Morgan fingerprint density at radius 3 is 1.21 bits per heavy atom. The lowest BCUT2D eigenvalue weighted by Crippen LogP contribution is -2.55. The van der Waals surface area contributed by atoms with Crippen molar-refractivity contribution in [2.75, 3.05) is 110 Å². The van der Waals surface area contributed by atoms with Crippen molar-refractivity contribution in [3.63, 3.8) is 0 Å². The van der Waals surface area contributed by atoms with Crippen LogP contribution in [0.1, 0.15) is 104 Å². The zero-order valence-corrected chi connectivity index (χ0v) is 55.1. The SMILES string of the molecule is C[C@@H]1CN(c2cc(F)c(-c3ccc(N4CCCCC4)nc3)cc2NC(=O)c2c[nH]c(=O)cc2C(F)(F)F)C[C@H](C)N1C.C[C@@H]1CN(c2cc(F)c(-c3ccc(N4CCN(C(=O)CCC(=O)O)CC4)nc3)cc2NC(=O)c2c[nH]c(=O)cc2C(F)(F)F)C[C@H](C)N1C.O=C(O)CCC(=O)O. The standard InChI is InChI=1S/C33H37F4N7O5.C30H34F4N6O2.C4H6O4/c1-19-17-44(18-20(2)41(19)3)27-14-25(34)22(12-26(27)40-32(49)23-16-39-29(45)13-24(23)33(35,36)37)21-4-5-28(38-15-21)42-8-10-43(11-9-42)30(46)6-7-31(47)48;1-18-16-40(17-19(2)38(18)3)26-13-24(31)21(20-7-8-27(35-14-20)39-9-5-4-6-10-39)11-25(26)37-29(42)22-15-36-28(41)12-23(22)30(32,33)34;5-3(6)1-2-4(7)8/h4-5,12-16,19-20H,6-11,17-18H2,1-3H3,(H,39,45)(H,40,49)(H,47,48);7-8,11-15,18-19H,4-6,9-10,16-17H2,1-3H3,(H,36,41)(H,37,42);1-2H2,(H,5,6)(H,7,8)/t19-,20+;18-,19+;. The number of rotatable bonds is 16. The molecular formula is C67H77F8N13O11.